The molecule has 0 bridgehead atoms. The van der Waals surface area contributed by atoms with E-state index in [4.69, 9.17) is 0 Å². The van der Waals surface area contributed by atoms with E-state index >= 15 is 0 Å². The number of thiazole rings is 1. The molecule has 32 heavy (non-hydrogen) atoms. The Labute approximate surface area is 195 Å². The summed E-state index contributed by atoms with van der Waals surface area (Å²) in [7, 11) is 7.36. The molecule has 0 atom stereocenters. The lowest BCUT2D eigenvalue weighted by Gasteiger charge is -2.14. The summed E-state index contributed by atoms with van der Waals surface area (Å²) < 4.78 is 1.99. The Kier molecular flexibility index (Phi) is 7.52. The lowest BCUT2D eigenvalue weighted by atomic mass is 10.2. The Morgan fingerprint density at radius 3 is 2.59 bits per heavy atom. The van der Waals surface area contributed by atoms with Crippen LogP contribution in [0.2, 0.25) is 0 Å². The van der Waals surface area contributed by atoms with Gasteiger partial charge in [-0.1, -0.05) is 35.2 Å². The molecule has 0 saturated heterocycles. The molecule has 11 heteroatoms. The van der Waals surface area contributed by atoms with Crippen molar-refractivity contribution in [3.63, 3.8) is 0 Å². The van der Waals surface area contributed by atoms with Crippen molar-refractivity contribution < 1.29 is 9.59 Å². The maximum atomic E-state index is 12.5. The number of benzene rings is 1. The van der Waals surface area contributed by atoms with Crippen molar-refractivity contribution in [2.45, 2.75) is 25.5 Å². The molecule has 9 nitrogen and oxygen atoms in total. The summed E-state index contributed by atoms with van der Waals surface area (Å²) in [6.45, 7) is 4.46. The SMILES string of the molecule is CCn1c(SCC(=O)Nc2nc(C)c(C(=O)N(C)C)s2)nnc1-c1cccc(N(C)C)c1. The highest BCUT2D eigenvalue weighted by Crippen LogP contribution is 2.27. The molecule has 2 heterocycles. The number of hydrogen-bond donors (Lipinski definition) is 1. The Morgan fingerprint density at radius 1 is 1.19 bits per heavy atom. The quantitative estimate of drug-likeness (QED) is 0.502. The average Bonchev–Trinajstić information content (AvgIpc) is 3.34. The van der Waals surface area contributed by atoms with Gasteiger partial charge in [0.1, 0.15) is 4.88 Å². The van der Waals surface area contributed by atoms with E-state index in [-0.39, 0.29) is 17.6 Å². The van der Waals surface area contributed by atoms with E-state index in [9.17, 15) is 9.59 Å². The van der Waals surface area contributed by atoms with Crippen molar-refractivity contribution in [1.29, 1.82) is 0 Å². The van der Waals surface area contributed by atoms with Gasteiger partial charge in [0.25, 0.3) is 5.91 Å². The molecule has 170 valence electrons. The predicted octanol–water partition coefficient (Wildman–Crippen LogP) is 3.23. The van der Waals surface area contributed by atoms with Crippen molar-refractivity contribution in [3.8, 4) is 11.4 Å². The molecule has 0 spiro atoms. The first-order valence-electron chi connectivity index (χ1n) is 10.0. The Balaban J connectivity index is 1.69. The van der Waals surface area contributed by atoms with Crippen molar-refractivity contribution in [1.82, 2.24) is 24.6 Å². The van der Waals surface area contributed by atoms with Crippen LogP contribution in [-0.2, 0) is 11.3 Å². The fourth-order valence-electron chi connectivity index (χ4n) is 2.95. The van der Waals surface area contributed by atoms with Gasteiger partial charge < -0.3 is 19.7 Å². The van der Waals surface area contributed by atoms with Crippen LogP contribution in [0, 0.1) is 6.92 Å². The number of amides is 2. The standard InChI is InChI=1S/C21H27N7O2S2/c1-7-28-18(14-9-8-10-15(11-14)26(3)4)24-25-21(28)31-12-16(29)23-20-22-13(2)17(32-20)19(30)27(5)6/h8-11H,7,12H2,1-6H3,(H,22,23,29). The number of carbonyl (C=O) groups excluding carboxylic acids is 2. The second-order valence-electron chi connectivity index (χ2n) is 7.47. The number of aryl methyl sites for hydroxylation is 1. The molecular weight excluding hydrogens is 446 g/mol. The van der Waals surface area contributed by atoms with Crippen molar-refractivity contribution in [3.05, 3.63) is 34.8 Å². The molecule has 1 aromatic carbocycles. The molecule has 1 N–H and O–H groups in total. The summed E-state index contributed by atoms with van der Waals surface area (Å²) in [6.07, 6.45) is 0. The second kappa shape index (κ2) is 10.1. The van der Waals surface area contributed by atoms with Gasteiger partial charge >= 0.3 is 0 Å². The zero-order chi connectivity index (χ0) is 23.4. The summed E-state index contributed by atoms with van der Waals surface area (Å²) in [4.78, 5) is 33.0. The summed E-state index contributed by atoms with van der Waals surface area (Å²) in [5, 5.41) is 12.5. The number of thioether (sulfide) groups is 1. The summed E-state index contributed by atoms with van der Waals surface area (Å²) in [5.74, 6) is 0.582. The van der Waals surface area contributed by atoms with Crippen LogP contribution in [-0.4, -0.2) is 70.4 Å². The molecule has 0 aliphatic rings. The summed E-state index contributed by atoms with van der Waals surface area (Å²) >= 11 is 2.49. The van der Waals surface area contributed by atoms with Gasteiger partial charge in [-0.05, 0) is 26.0 Å². The molecule has 0 aliphatic carbocycles. The topological polar surface area (TPSA) is 96.2 Å². The Hall–Kier alpha value is -2.92. The number of nitrogens with one attached hydrogen (secondary N) is 1. The predicted molar refractivity (Wildman–Crippen MR) is 130 cm³/mol. The minimum absolute atomic E-state index is 0.128. The molecular formula is C21H27N7O2S2. The monoisotopic (exact) mass is 473 g/mol. The largest absolute Gasteiger partial charge is 0.378 e. The highest BCUT2D eigenvalue weighted by atomic mass is 32.2. The molecule has 0 saturated carbocycles. The third-order valence-corrected chi connectivity index (χ3v) is 6.66. The van der Waals surface area contributed by atoms with Gasteiger partial charge in [-0.2, -0.15) is 0 Å². The van der Waals surface area contributed by atoms with Gasteiger partial charge in [0.15, 0.2) is 16.1 Å². The maximum Gasteiger partial charge on any atom is 0.265 e. The number of aromatic nitrogens is 4. The van der Waals surface area contributed by atoms with Crippen LogP contribution < -0.4 is 10.2 Å². The zero-order valence-corrected chi connectivity index (χ0v) is 20.7. The first-order chi connectivity index (χ1) is 15.2. The van der Waals surface area contributed by atoms with Crippen molar-refractivity contribution in [2.24, 2.45) is 0 Å². The van der Waals surface area contributed by atoms with E-state index in [0.29, 0.717) is 27.4 Å². The van der Waals surface area contributed by atoms with E-state index in [1.807, 2.05) is 48.7 Å². The highest BCUT2D eigenvalue weighted by molar-refractivity contribution is 7.99. The number of hydrogen-bond acceptors (Lipinski definition) is 8. The lowest BCUT2D eigenvalue weighted by molar-refractivity contribution is -0.113. The Morgan fingerprint density at radius 2 is 1.94 bits per heavy atom. The molecule has 0 aliphatic heterocycles. The zero-order valence-electron chi connectivity index (χ0n) is 19.0. The number of nitrogens with zero attached hydrogens (tertiary/aromatic N) is 6. The fraction of sp³-hybridized carbons (Fsp3) is 0.381. The minimum Gasteiger partial charge on any atom is -0.378 e. The van der Waals surface area contributed by atoms with Crippen LogP contribution in [0.25, 0.3) is 11.4 Å². The average molecular weight is 474 g/mol. The first kappa shape index (κ1) is 23.7. The number of rotatable bonds is 8. The molecule has 0 radical (unpaired) electrons. The van der Waals surface area contributed by atoms with E-state index in [1.54, 1.807) is 21.0 Å². The van der Waals surface area contributed by atoms with Gasteiger partial charge in [-0.15, -0.1) is 10.2 Å². The molecule has 0 unspecified atom stereocenters. The maximum absolute atomic E-state index is 12.5. The van der Waals surface area contributed by atoms with Gasteiger partial charge in [-0.25, -0.2) is 4.98 Å². The molecule has 3 rings (SSSR count). The highest BCUT2D eigenvalue weighted by Gasteiger charge is 2.19. The van der Waals surface area contributed by atoms with Crippen LogP contribution >= 0.6 is 23.1 Å². The fourth-order valence-corrected chi connectivity index (χ4v) is 4.76. The van der Waals surface area contributed by atoms with Crippen molar-refractivity contribution >= 4 is 45.7 Å². The van der Waals surface area contributed by atoms with E-state index in [2.05, 4.69) is 26.6 Å². The minimum atomic E-state index is -0.214. The first-order valence-corrected chi connectivity index (χ1v) is 11.8. The van der Waals surface area contributed by atoms with E-state index in [1.165, 1.54) is 28.0 Å². The third kappa shape index (κ3) is 5.28. The van der Waals surface area contributed by atoms with Crippen LogP contribution in [0.15, 0.2) is 29.4 Å². The van der Waals surface area contributed by atoms with Crippen molar-refractivity contribution in [2.75, 3.05) is 44.2 Å². The van der Waals surface area contributed by atoms with E-state index < -0.39 is 0 Å². The van der Waals surface area contributed by atoms with E-state index in [0.717, 1.165) is 17.1 Å². The normalized spacial score (nSPS) is 10.8. The van der Waals surface area contributed by atoms with Gasteiger partial charge in [-0.3, -0.25) is 9.59 Å². The van der Waals surface area contributed by atoms with Gasteiger partial charge in [0.05, 0.1) is 11.4 Å². The molecule has 3 aromatic rings. The molecule has 2 aromatic heterocycles. The van der Waals surface area contributed by atoms with Crippen LogP contribution in [0.5, 0.6) is 0 Å². The lowest BCUT2D eigenvalue weighted by Crippen LogP contribution is -2.21. The Bertz CT molecular complexity index is 1120. The molecule has 0 fully saturated rings. The van der Waals surface area contributed by atoms with Crippen LogP contribution in [0.4, 0.5) is 10.8 Å². The third-order valence-electron chi connectivity index (χ3n) is 4.63. The number of anilines is 2. The summed E-state index contributed by atoms with van der Waals surface area (Å²) in [5.41, 5.74) is 2.65. The van der Waals surface area contributed by atoms with Crippen LogP contribution in [0.1, 0.15) is 22.3 Å². The van der Waals surface area contributed by atoms with Gasteiger partial charge in [0, 0.05) is 46.0 Å². The number of carbonyl (C=O) groups is 2. The van der Waals surface area contributed by atoms with Crippen LogP contribution in [0.3, 0.4) is 0 Å². The molecule has 2 amide bonds. The smallest absolute Gasteiger partial charge is 0.265 e. The van der Waals surface area contributed by atoms with Gasteiger partial charge in [0.2, 0.25) is 5.91 Å². The summed E-state index contributed by atoms with van der Waals surface area (Å²) in [6, 6.07) is 8.09. The second-order valence-corrected chi connectivity index (χ2v) is 9.41.